The first-order valence-corrected chi connectivity index (χ1v) is 6.55. The van der Waals surface area contributed by atoms with E-state index in [1.165, 1.54) is 0 Å². The summed E-state index contributed by atoms with van der Waals surface area (Å²) < 4.78 is 5.53. The van der Waals surface area contributed by atoms with Gasteiger partial charge in [0.1, 0.15) is 5.75 Å². The van der Waals surface area contributed by atoms with Crippen molar-refractivity contribution >= 4 is 0 Å². The quantitative estimate of drug-likeness (QED) is 0.725. The molecule has 1 N–H and O–H groups in total. The Morgan fingerprint density at radius 1 is 1.06 bits per heavy atom. The monoisotopic (exact) mass is 236 g/mol. The van der Waals surface area contributed by atoms with Crippen molar-refractivity contribution in [2.24, 2.45) is 5.41 Å². The zero-order valence-corrected chi connectivity index (χ0v) is 11.1. The lowest BCUT2D eigenvalue weighted by molar-refractivity contribution is -0.0558. The van der Waals surface area contributed by atoms with Crippen molar-refractivity contribution in [3.05, 3.63) is 30.3 Å². The predicted octanol–water partition coefficient (Wildman–Crippen LogP) is 3.99. The fourth-order valence-corrected chi connectivity index (χ4v) is 2.25. The molecule has 17 heavy (non-hydrogen) atoms. The molecular weight excluding hydrogens is 212 g/mol. The van der Waals surface area contributed by atoms with Crippen LogP contribution in [0.3, 0.4) is 0 Å². The molecule has 1 unspecified atom stereocenters. The molecule has 0 aliphatic carbocycles. The van der Waals surface area contributed by atoms with Crippen LogP contribution >= 0.6 is 0 Å². The van der Waals surface area contributed by atoms with Crippen molar-refractivity contribution in [3.63, 3.8) is 0 Å². The third-order valence-corrected chi connectivity index (χ3v) is 3.87. The van der Waals surface area contributed by atoms with Crippen LogP contribution in [0.5, 0.6) is 5.75 Å². The Bertz CT molecular complexity index is 296. The lowest BCUT2D eigenvalue weighted by Crippen LogP contribution is -2.28. The number of ether oxygens (including phenoxy) is 1. The Hall–Kier alpha value is -1.02. The summed E-state index contributed by atoms with van der Waals surface area (Å²) in [7, 11) is 0. The largest absolute Gasteiger partial charge is 0.465 e. The van der Waals surface area contributed by atoms with Crippen LogP contribution in [-0.2, 0) is 0 Å². The Kier molecular flexibility index (Phi) is 5.49. The van der Waals surface area contributed by atoms with Gasteiger partial charge in [0.15, 0.2) is 6.29 Å². The first-order chi connectivity index (χ1) is 8.15. The average molecular weight is 236 g/mol. The molecule has 0 aliphatic heterocycles. The molecule has 0 heterocycles. The van der Waals surface area contributed by atoms with E-state index in [0.717, 1.165) is 25.0 Å². The number of hydrogen-bond acceptors (Lipinski definition) is 2. The molecule has 2 nitrogen and oxygen atoms in total. The second-order valence-electron chi connectivity index (χ2n) is 4.65. The van der Waals surface area contributed by atoms with Gasteiger partial charge in [0, 0.05) is 6.42 Å². The zero-order valence-electron chi connectivity index (χ0n) is 11.1. The normalized spacial score (nSPS) is 13.4. The Balaban J connectivity index is 2.56. The fourth-order valence-electron chi connectivity index (χ4n) is 2.25. The number of benzene rings is 1. The first kappa shape index (κ1) is 14.0. The van der Waals surface area contributed by atoms with Crippen molar-refractivity contribution in [2.45, 2.75) is 52.7 Å². The van der Waals surface area contributed by atoms with E-state index in [-0.39, 0.29) is 5.41 Å². The van der Waals surface area contributed by atoms with Gasteiger partial charge in [-0.05, 0) is 17.5 Å². The van der Waals surface area contributed by atoms with Crippen LogP contribution in [0.15, 0.2) is 30.3 Å². The Morgan fingerprint density at radius 3 is 2.06 bits per heavy atom. The van der Waals surface area contributed by atoms with Crippen LogP contribution in [0.25, 0.3) is 0 Å². The van der Waals surface area contributed by atoms with Crippen LogP contribution < -0.4 is 4.74 Å². The molecule has 1 atom stereocenters. The molecule has 1 aromatic rings. The van der Waals surface area contributed by atoms with E-state index in [1.54, 1.807) is 0 Å². The van der Waals surface area contributed by atoms with Gasteiger partial charge in [-0.1, -0.05) is 58.2 Å². The van der Waals surface area contributed by atoms with E-state index in [1.807, 2.05) is 30.3 Å². The van der Waals surface area contributed by atoms with Gasteiger partial charge in [-0.15, -0.1) is 0 Å². The van der Waals surface area contributed by atoms with Crippen LogP contribution in [0.1, 0.15) is 46.5 Å². The Morgan fingerprint density at radius 2 is 1.59 bits per heavy atom. The minimum absolute atomic E-state index is 0.203. The van der Waals surface area contributed by atoms with Crippen LogP contribution in [0, 0.1) is 5.41 Å². The van der Waals surface area contributed by atoms with Gasteiger partial charge in [0.25, 0.3) is 0 Å². The molecule has 0 spiro atoms. The third kappa shape index (κ3) is 4.04. The maximum Gasteiger partial charge on any atom is 0.197 e. The van der Waals surface area contributed by atoms with Crippen LogP contribution in [0.4, 0.5) is 0 Å². The summed E-state index contributed by atoms with van der Waals surface area (Å²) in [6, 6.07) is 9.50. The van der Waals surface area contributed by atoms with E-state index < -0.39 is 6.29 Å². The van der Waals surface area contributed by atoms with Crippen molar-refractivity contribution in [1.29, 1.82) is 0 Å². The van der Waals surface area contributed by atoms with Gasteiger partial charge < -0.3 is 9.84 Å². The smallest absolute Gasteiger partial charge is 0.197 e. The SMILES string of the molecule is CCC(CC)(CC)CC(O)Oc1ccccc1. The highest BCUT2D eigenvalue weighted by molar-refractivity contribution is 5.21. The van der Waals surface area contributed by atoms with Crippen LogP contribution in [0.2, 0.25) is 0 Å². The molecule has 0 bridgehead atoms. The molecule has 0 amide bonds. The van der Waals surface area contributed by atoms with Crippen molar-refractivity contribution < 1.29 is 9.84 Å². The molecule has 0 saturated carbocycles. The second-order valence-corrected chi connectivity index (χ2v) is 4.65. The third-order valence-electron chi connectivity index (χ3n) is 3.87. The zero-order chi connectivity index (χ0) is 12.7. The van der Waals surface area contributed by atoms with E-state index >= 15 is 0 Å². The number of para-hydroxylation sites is 1. The summed E-state index contributed by atoms with van der Waals surface area (Å²) in [6.07, 6.45) is 3.22. The summed E-state index contributed by atoms with van der Waals surface area (Å²) in [4.78, 5) is 0. The van der Waals surface area contributed by atoms with Crippen molar-refractivity contribution in [3.8, 4) is 5.75 Å². The van der Waals surface area contributed by atoms with Gasteiger partial charge in [0.2, 0.25) is 0 Å². The highest BCUT2D eigenvalue weighted by Gasteiger charge is 2.27. The maximum absolute atomic E-state index is 10.0. The highest BCUT2D eigenvalue weighted by atomic mass is 16.6. The molecular formula is C15H24O2. The molecule has 0 aromatic heterocycles. The summed E-state index contributed by atoms with van der Waals surface area (Å²) in [6.45, 7) is 6.55. The molecule has 0 fully saturated rings. The van der Waals surface area contributed by atoms with Gasteiger partial charge in [-0.3, -0.25) is 0 Å². The van der Waals surface area contributed by atoms with Crippen molar-refractivity contribution in [1.82, 2.24) is 0 Å². The molecule has 96 valence electrons. The van der Waals surface area contributed by atoms with Gasteiger partial charge in [-0.2, -0.15) is 0 Å². The van der Waals surface area contributed by atoms with E-state index in [9.17, 15) is 5.11 Å². The summed E-state index contributed by atoms with van der Waals surface area (Å²) in [5, 5.41) is 10.0. The predicted molar refractivity (Wildman–Crippen MR) is 71.0 cm³/mol. The minimum Gasteiger partial charge on any atom is -0.465 e. The lowest BCUT2D eigenvalue weighted by Gasteiger charge is -2.32. The molecule has 1 rings (SSSR count). The molecule has 0 aliphatic rings. The average Bonchev–Trinajstić information content (AvgIpc) is 2.37. The van der Waals surface area contributed by atoms with E-state index in [0.29, 0.717) is 6.42 Å². The topological polar surface area (TPSA) is 29.5 Å². The van der Waals surface area contributed by atoms with Crippen molar-refractivity contribution in [2.75, 3.05) is 0 Å². The molecule has 0 radical (unpaired) electrons. The van der Waals surface area contributed by atoms with E-state index in [4.69, 9.17) is 4.74 Å². The van der Waals surface area contributed by atoms with Gasteiger partial charge >= 0.3 is 0 Å². The number of aliphatic hydroxyl groups excluding tert-OH is 1. The summed E-state index contributed by atoms with van der Waals surface area (Å²) in [5.41, 5.74) is 0.203. The summed E-state index contributed by atoms with van der Waals surface area (Å²) >= 11 is 0. The van der Waals surface area contributed by atoms with E-state index in [2.05, 4.69) is 20.8 Å². The van der Waals surface area contributed by atoms with Gasteiger partial charge in [0.05, 0.1) is 0 Å². The second kappa shape index (κ2) is 6.65. The van der Waals surface area contributed by atoms with Crippen LogP contribution in [-0.4, -0.2) is 11.4 Å². The molecule has 1 aromatic carbocycles. The minimum atomic E-state index is -0.711. The fraction of sp³-hybridized carbons (Fsp3) is 0.600. The lowest BCUT2D eigenvalue weighted by atomic mass is 9.77. The van der Waals surface area contributed by atoms with Gasteiger partial charge in [-0.25, -0.2) is 0 Å². The number of rotatable bonds is 7. The molecule has 0 saturated heterocycles. The standard InChI is InChI=1S/C15H24O2/c1-4-15(5-2,6-3)12-14(16)17-13-10-8-7-9-11-13/h7-11,14,16H,4-6,12H2,1-3H3. The Labute approximate surface area is 105 Å². The number of aliphatic hydroxyl groups is 1. The molecule has 2 heteroatoms. The maximum atomic E-state index is 10.0. The highest BCUT2D eigenvalue weighted by Crippen LogP contribution is 2.35. The summed E-state index contributed by atoms with van der Waals surface area (Å²) in [5.74, 6) is 0.734. The number of hydrogen-bond donors (Lipinski definition) is 1. The first-order valence-electron chi connectivity index (χ1n) is 6.55.